The quantitative estimate of drug-likeness (QED) is 0.647. The van der Waals surface area contributed by atoms with Gasteiger partial charge in [-0.05, 0) is 98.9 Å². The van der Waals surface area contributed by atoms with Crippen molar-refractivity contribution in [2.75, 3.05) is 0 Å². The first-order valence-corrected chi connectivity index (χ1v) is 10.4. The molecular weight excluding hydrogens is 338 g/mol. The van der Waals surface area contributed by atoms with Crippen molar-refractivity contribution in [3.63, 3.8) is 0 Å². The van der Waals surface area contributed by atoms with Crippen LogP contribution in [-0.4, -0.2) is 36.6 Å². The van der Waals surface area contributed by atoms with Crippen LogP contribution in [0.15, 0.2) is 22.6 Å². The van der Waals surface area contributed by atoms with Gasteiger partial charge in [-0.1, -0.05) is 11.6 Å². The van der Waals surface area contributed by atoms with E-state index in [9.17, 15) is 0 Å². The molecule has 3 aliphatic rings. The largest absolute Gasteiger partial charge is 0.494 e. The zero-order chi connectivity index (χ0) is 20.3. The molecule has 2 fully saturated rings. The van der Waals surface area contributed by atoms with E-state index in [4.69, 9.17) is 18.6 Å². The predicted octanol–water partition coefficient (Wildman–Crippen LogP) is 5.07. The van der Waals surface area contributed by atoms with E-state index in [1.54, 1.807) is 0 Å². The van der Waals surface area contributed by atoms with Crippen LogP contribution in [0, 0.1) is 0 Å². The molecule has 0 N–H and O–H groups in total. The molecule has 27 heavy (non-hydrogen) atoms. The Labute approximate surface area is 166 Å². The second kappa shape index (κ2) is 6.76. The third-order valence-electron chi connectivity index (χ3n) is 7.16. The van der Waals surface area contributed by atoms with E-state index in [2.05, 4.69) is 68.4 Å². The Morgan fingerprint density at radius 2 is 1.19 bits per heavy atom. The zero-order valence-electron chi connectivity index (χ0n) is 18.7. The maximum Gasteiger partial charge on any atom is 0.494 e. The number of hydrogen-bond donors (Lipinski definition) is 0. The Hall–Kier alpha value is -0.550. The lowest BCUT2D eigenvalue weighted by Crippen LogP contribution is -2.41. The fourth-order valence-corrected chi connectivity index (χ4v) is 3.78. The zero-order valence-corrected chi connectivity index (χ0v) is 18.7. The Balaban J connectivity index is 2.01. The first-order valence-electron chi connectivity index (χ1n) is 10.4. The summed E-state index contributed by atoms with van der Waals surface area (Å²) in [6.45, 7) is 18.9. The van der Waals surface area contributed by atoms with Gasteiger partial charge in [0, 0.05) is 0 Å². The minimum Gasteiger partial charge on any atom is -0.400 e. The van der Waals surface area contributed by atoms with Gasteiger partial charge in [0.05, 0.1) is 22.4 Å². The molecule has 0 saturated carbocycles. The van der Waals surface area contributed by atoms with Gasteiger partial charge in [-0.2, -0.15) is 0 Å². The maximum atomic E-state index is 6.43. The fourth-order valence-electron chi connectivity index (χ4n) is 3.78. The third kappa shape index (κ3) is 3.71. The average molecular weight is 374 g/mol. The Morgan fingerprint density at radius 1 is 0.741 bits per heavy atom. The van der Waals surface area contributed by atoms with Crippen molar-refractivity contribution in [2.45, 2.75) is 110 Å². The molecule has 150 valence electrons. The second-order valence-electron chi connectivity index (χ2n) is 10.2. The highest BCUT2D eigenvalue weighted by Gasteiger charge is 2.56. The van der Waals surface area contributed by atoms with Crippen molar-refractivity contribution < 1.29 is 18.6 Å². The lowest BCUT2D eigenvalue weighted by Gasteiger charge is -2.32. The van der Waals surface area contributed by atoms with E-state index in [0.717, 1.165) is 23.8 Å². The fraction of sp³-hybridized carbons (Fsp3) is 0.810. The van der Waals surface area contributed by atoms with Gasteiger partial charge >= 0.3 is 14.2 Å². The maximum absolute atomic E-state index is 6.43. The van der Waals surface area contributed by atoms with E-state index in [0.29, 0.717) is 0 Å². The van der Waals surface area contributed by atoms with E-state index in [1.807, 2.05) is 0 Å². The van der Waals surface area contributed by atoms with Crippen molar-refractivity contribution in [1.29, 1.82) is 0 Å². The molecule has 0 spiro atoms. The first-order chi connectivity index (χ1) is 12.3. The van der Waals surface area contributed by atoms with Gasteiger partial charge in [0.2, 0.25) is 0 Å². The number of hydrogen-bond acceptors (Lipinski definition) is 4. The summed E-state index contributed by atoms with van der Waals surface area (Å²) in [6.07, 6.45) is 6.95. The third-order valence-corrected chi connectivity index (χ3v) is 7.16. The molecule has 0 amide bonds. The van der Waals surface area contributed by atoms with Gasteiger partial charge in [-0.25, -0.2) is 0 Å². The van der Waals surface area contributed by atoms with Gasteiger partial charge < -0.3 is 18.6 Å². The Morgan fingerprint density at radius 3 is 1.59 bits per heavy atom. The van der Waals surface area contributed by atoms with E-state index >= 15 is 0 Å². The smallest absolute Gasteiger partial charge is 0.400 e. The highest BCUT2D eigenvalue weighted by molar-refractivity contribution is 6.63. The van der Waals surface area contributed by atoms with Crippen LogP contribution in [0.2, 0.25) is 0 Å². The Bertz CT molecular complexity index is 629. The van der Waals surface area contributed by atoms with Crippen molar-refractivity contribution in [1.82, 2.24) is 0 Å². The van der Waals surface area contributed by atoms with Gasteiger partial charge in [0.1, 0.15) is 0 Å². The summed E-state index contributed by atoms with van der Waals surface area (Å²) in [5, 5.41) is 0. The Kier molecular flexibility index (Phi) is 5.30. The minimum atomic E-state index is -0.390. The molecule has 0 aromatic heterocycles. The molecule has 0 aromatic rings. The van der Waals surface area contributed by atoms with Crippen LogP contribution in [0.5, 0.6) is 0 Å². The molecule has 0 bridgehead atoms. The molecule has 0 aromatic carbocycles. The molecule has 0 radical (unpaired) electrons. The summed E-state index contributed by atoms with van der Waals surface area (Å²) in [4.78, 5) is 0. The van der Waals surface area contributed by atoms with Gasteiger partial charge in [0.25, 0.3) is 0 Å². The first kappa shape index (κ1) is 21.2. The van der Waals surface area contributed by atoms with Crippen molar-refractivity contribution in [2.24, 2.45) is 0 Å². The minimum absolute atomic E-state index is 0.360. The standard InChI is InChI=1S/C21H36B2O4/c1-15(22-24-18(2,3)19(4,5)25-22)17(16-13-11-10-12-14-16)23-26-20(6,7)21(8,9)27-23/h13H,10-12,14H2,1-9H3/b17-15+. The lowest BCUT2D eigenvalue weighted by atomic mass is 9.61. The molecule has 4 nitrogen and oxygen atoms in total. The summed E-state index contributed by atoms with van der Waals surface area (Å²) in [5.41, 5.74) is 2.06. The molecule has 3 rings (SSSR count). The summed E-state index contributed by atoms with van der Waals surface area (Å²) < 4.78 is 25.5. The van der Waals surface area contributed by atoms with Crippen LogP contribution in [0.1, 0.15) is 88.0 Å². The van der Waals surface area contributed by atoms with Crippen molar-refractivity contribution >= 4 is 14.2 Å². The molecule has 2 saturated heterocycles. The summed E-state index contributed by atoms with van der Waals surface area (Å²) >= 11 is 0. The van der Waals surface area contributed by atoms with Crippen LogP contribution in [-0.2, 0) is 18.6 Å². The van der Waals surface area contributed by atoms with E-state index < -0.39 is 7.12 Å². The van der Waals surface area contributed by atoms with Crippen LogP contribution in [0.25, 0.3) is 0 Å². The predicted molar refractivity (Wildman–Crippen MR) is 111 cm³/mol. The molecular formula is C21H36B2O4. The van der Waals surface area contributed by atoms with Gasteiger partial charge in [-0.3, -0.25) is 0 Å². The van der Waals surface area contributed by atoms with Crippen LogP contribution < -0.4 is 0 Å². The molecule has 6 heteroatoms. The van der Waals surface area contributed by atoms with Crippen LogP contribution in [0.3, 0.4) is 0 Å². The van der Waals surface area contributed by atoms with Gasteiger partial charge in [0.15, 0.2) is 0 Å². The summed E-state index contributed by atoms with van der Waals surface area (Å²) in [6, 6.07) is 0. The number of allylic oxidation sites excluding steroid dienone is 4. The summed E-state index contributed by atoms with van der Waals surface area (Å²) in [5.74, 6) is 0. The highest BCUT2D eigenvalue weighted by Crippen LogP contribution is 2.44. The lowest BCUT2D eigenvalue weighted by molar-refractivity contribution is 0.00578. The average Bonchev–Trinajstić information content (AvgIpc) is 2.88. The molecule has 1 aliphatic carbocycles. The monoisotopic (exact) mass is 374 g/mol. The topological polar surface area (TPSA) is 36.9 Å². The molecule has 2 aliphatic heterocycles. The molecule has 0 unspecified atom stereocenters. The van der Waals surface area contributed by atoms with Crippen LogP contribution in [0.4, 0.5) is 0 Å². The SMILES string of the molecule is C/C(B1OC(C)(C)C(C)(C)O1)=C(\B1OC(C)(C)C(C)(C)O1)C1=CCCCC1. The summed E-state index contributed by atoms with van der Waals surface area (Å²) in [7, 11) is -0.773. The molecule has 2 heterocycles. The van der Waals surface area contributed by atoms with E-state index in [-0.39, 0.29) is 29.5 Å². The van der Waals surface area contributed by atoms with Gasteiger partial charge in [-0.15, -0.1) is 0 Å². The number of rotatable bonds is 3. The van der Waals surface area contributed by atoms with E-state index in [1.165, 1.54) is 18.4 Å². The normalized spacial score (nSPS) is 29.6. The van der Waals surface area contributed by atoms with Crippen LogP contribution >= 0.6 is 0 Å². The second-order valence-corrected chi connectivity index (χ2v) is 10.2. The molecule has 0 atom stereocenters. The van der Waals surface area contributed by atoms with Crippen molar-refractivity contribution in [3.05, 3.63) is 22.6 Å². The van der Waals surface area contributed by atoms with Crippen molar-refractivity contribution in [3.8, 4) is 0 Å². The highest BCUT2D eigenvalue weighted by atomic mass is 16.7.